The second kappa shape index (κ2) is 9.90. The number of primary amides is 2. The Balaban J connectivity index is 2.35. The predicted octanol–water partition coefficient (Wildman–Crippen LogP) is 4.67. The van der Waals surface area contributed by atoms with Crippen LogP contribution in [0.5, 0.6) is 0 Å². The van der Waals surface area contributed by atoms with E-state index in [-0.39, 0.29) is 21.0 Å². The van der Waals surface area contributed by atoms with E-state index in [9.17, 15) is 14.0 Å². The van der Waals surface area contributed by atoms with Gasteiger partial charge in [0.1, 0.15) is 20.7 Å². The van der Waals surface area contributed by atoms with Crippen LogP contribution >= 0.6 is 35.0 Å². The van der Waals surface area contributed by atoms with Crippen molar-refractivity contribution in [3.63, 3.8) is 0 Å². The highest BCUT2D eigenvalue weighted by molar-refractivity contribution is 8.01. The third kappa shape index (κ3) is 4.33. The minimum atomic E-state index is -1.85. The fourth-order valence-corrected chi connectivity index (χ4v) is 5.44. The monoisotopic (exact) mass is 490 g/mol. The number of nitrogens with two attached hydrogens (primary N) is 2. The zero-order valence-corrected chi connectivity index (χ0v) is 19.3. The summed E-state index contributed by atoms with van der Waals surface area (Å²) in [6, 6.07) is 16.8. The van der Waals surface area contributed by atoms with Crippen LogP contribution in [0.2, 0.25) is 10.0 Å². The van der Waals surface area contributed by atoms with Crippen molar-refractivity contribution in [2.45, 2.75) is 23.1 Å². The van der Waals surface area contributed by atoms with Crippen LogP contribution in [0.3, 0.4) is 0 Å². The number of amides is 2. The molecule has 3 aromatic rings. The van der Waals surface area contributed by atoms with E-state index in [0.29, 0.717) is 23.1 Å². The van der Waals surface area contributed by atoms with Crippen LogP contribution in [0, 0.1) is 11.9 Å². The molecule has 5 nitrogen and oxygen atoms in total. The van der Waals surface area contributed by atoms with Crippen molar-refractivity contribution in [2.24, 2.45) is 11.5 Å². The number of hydrogen-bond donors (Lipinski definition) is 2. The second-order valence-electron chi connectivity index (χ2n) is 6.79. The number of thioether (sulfide) groups is 1. The van der Waals surface area contributed by atoms with E-state index in [0.717, 1.165) is 11.8 Å². The first-order chi connectivity index (χ1) is 15.2. The lowest BCUT2D eigenvalue weighted by molar-refractivity contribution is -0.123. The summed E-state index contributed by atoms with van der Waals surface area (Å²) in [4.78, 5) is 29.8. The smallest absolute Gasteiger partial charge is 0.240 e. The molecule has 1 atom stereocenters. The van der Waals surface area contributed by atoms with Crippen molar-refractivity contribution in [1.29, 1.82) is 0 Å². The van der Waals surface area contributed by atoms with Gasteiger partial charge >= 0.3 is 0 Å². The lowest BCUT2D eigenvalue weighted by Gasteiger charge is -2.36. The van der Waals surface area contributed by atoms with Crippen molar-refractivity contribution in [3.05, 3.63) is 99.3 Å². The largest absolute Gasteiger partial charge is 0.369 e. The molecule has 32 heavy (non-hydrogen) atoms. The van der Waals surface area contributed by atoms with Crippen molar-refractivity contribution in [3.8, 4) is 0 Å². The summed E-state index contributed by atoms with van der Waals surface area (Å²) in [5.41, 5.74) is 12.8. The lowest BCUT2D eigenvalue weighted by Crippen LogP contribution is -2.48. The first-order valence-electron chi connectivity index (χ1n) is 9.54. The fraction of sp³-hybridized carbons (Fsp3) is 0.130. The highest BCUT2D eigenvalue weighted by Gasteiger charge is 2.52. The van der Waals surface area contributed by atoms with Gasteiger partial charge in [0, 0.05) is 0 Å². The average Bonchev–Trinajstić information content (AvgIpc) is 2.78. The van der Waals surface area contributed by atoms with E-state index in [2.05, 4.69) is 4.98 Å². The molecule has 1 radical (unpaired) electrons. The van der Waals surface area contributed by atoms with E-state index in [1.165, 1.54) is 0 Å². The summed E-state index contributed by atoms with van der Waals surface area (Å²) < 4.78 is 12.7. The fourth-order valence-electron chi connectivity index (χ4n) is 3.43. The molecule has 0 spiro atoms. The number of carbonyl (C=O) groups is 2. The molecule has 0 aliphatic rings. The molecule has 0 fully saturated rings. The Morgan fingerprint density at radius 2 is 1.56 bits per heavy atom. The third-order valence-electron chi connectivity index (χ3n) is 4.89. The molecule has 0 aliphatic carbocycles. The Bertz CT molecular complexity index is 1150. The van der Waals surface area contributed by atoms with Gasteiger partial charge in [-0.1, -0.05) is 103 Å². The maximum atomic E-state index is 14.5. The highest BCUT2D eigenvalue weighted by atomic mass is 35.5. The van der Waals surface area contributed by atoms with Gasteiger partial charge in [-0.3, -0.25) is 9.59 Å². The molecule has 165 valence electrons. The summed E-state index contributed by atoms with van der Waals surface area (Å²) >= 11 is 13.3. The quantitative estimate of drug-likeness (QED) is 0.353. The predicted molar refractivity (Wildman–Crippen MR) is 125 cm³/mol. The molecule has 1 aromatic heterocycles. The number of hydrogen-bond acceptors (Lipinski definition) is 4. The average molecular weight is 491 g/mol. The Hall–Kier alpha value is -2.61. The molecule has 4 N–H and O–H groups in total. The zero-order valence-electron chi connectivity index (χ0n) is 16.9. The van der Waals surface area contributed by atoms with Crippen LogP contribution in [0.1, 0.15) is 23.6 Å². The number of carbonyl (C=O) groups excluding carboxylic acids is 2. The second-order valence-corrected chi connectivity index (χ2v) is 8.75. The van der Waals surface area contributed by atoms with Gasteiger partial charge in [0.05, 0.1) is 5.02 Å². The minimum absolute atomic E-state index is 0.0391. The first kappa shape index (κ1) is 24.0. The summed E-state index contributed by atoms with van der Waals surface area (Å²) in [5, 5.41) is -0.168. The van der Waals surface area contributed by atoms with E-state index < -0.39 is 22.5 Å². The van der Waals surface area contributed by atoms with Gasteiger partial charge in [-0.05, 0) is 23.1 Å². The van der Waals surface area contributed by atoms with Crippen LogP contribution in [-0.4, -0.2) is 16.8 Å². The molecule has 2 aromatic carbocycles. The SMILES string of the molecule is CCc1c(Cl)c(F)nc(SC([C](C(N)=O)c2ccccc2)(C(N)=O)c2ccccc2)c1Cl. The summed E-state index contributed by atoms with van der Waals surface area (Å²) in [7, 11) is 0. The van der Waals surface area contributed by atoms with E-state index in [4.69, 9.17) is 34.7 Å². The molecular formula is C23H19Cl2FN3O2S. The van der Waals surface area contributed by atoms with Crippen molar-refractivity contribution in [2.75, 3.05) is 0 Å². The number of benzene rings is 2. The normalized spacial score (nSPS) is 13.0. The Morgan fingerprint density at radius 3 is 2.06 bits per heavy atom. The number of halogens is 3. The summed E-state index contributed by atoms with van der Waals surface area (Å²) in [6.07, 6.45) is 0.324. The number of nitrogens with zero attached hydrogens (tertiary/aromatic N) is 1. The van der Waals surface area contributed by atoms with Gasteiger partial charge in [0.2, 0.25) is 17.8 Å². The van der Waals surface area contributed by atoms with Crippen LogP contribution in [0.15, 0.2) is 65.7 Å². The van der Waals surface area contributed by atoms with Gasteiger partial charge in [-0.15, -0.1) is 0 Å². The molecule has 3 rings (SSSR count). The van der Waals surface area contributed by atoms with E-state index in [1.807, 2.05) is 0 Å². The van der Waals surface area contributed by atoms with Crippen LogP contribution in [0.25, 0.3) is 0 Å². The molecule has 0 saturated heterocycles. The van der Waals surface area contributed by atoms with Crippen LogP contribution < -0.4 is 11.5 Å². The molecule has 0 saturated carbocycles. The molecule has 2 amide bonds. The zero-order chi connectivity index (χ0) is 23.5. The van der Waals surface area contributed by atoms with Gasteiger partial charge in [-0.2, -0.15) is 4.39 Å². The Kier molecular flexibility index (Phi) is 7.44. The van der Waals surface area contributed by atoms with Crippen LogP contribution in [0.4, 0.5) is 4.39 Å². The number of aromatic nitrogens is 1. The van der Waals surface area contributed by atoms with Gasteiger partial charge < -0.3 is 11.5 Å². The Labute approximate surface area is 199 Å². The van der Waals surface area contributed by atoms with E-state index in [1.54, 1.807) is 67.6 Å². The molecule has 1 heterocycles. The van der Waals surface area contributed by atoms with Gasteiger partial charge in [0.15, 0.2) is 0 Å². The maximum absolute atomic E-state index is 14.5. The molecule has 0 bridgehead atoms. The lowest BCUT2D eigenvalue weighted by atomic mass is 9.79. The summed E-state index contributed by atoms with van der Waals surface area (Å²) in [5.74, 6) is -2.78. The van der Waals surface area contributed by atoms with Gasteiger partial charge in [0.25, 0.3) is 0 Å². The van der Waals surface area contributed by atoms with Crippen molar-refractivity contribution in [1.82, 2.24) is 4.98 Å². The van der Waals surface area contributed by atoms with Crippen molar-refractivity contribution >= 4 is 46.8 Å². The summed E-state index contributed by atoms with van der Waals surface area (Å²) in [6.45, 7) is 1.75. The first-order valence-corrected chi connectivity index (χ1v) is 11.1. The molecule has 0 aliphatic heterocycles. The van der Waals surface area contributed by atoms with Crippen LogP contribution in [-0.2, 0) is 20.8 Å². The van der Waals surface area contributed by atoms with E-state index >= 15 is 0 Å². The van der Waals surface area contributed by atoms with Gasteiger partial charge in [-0.25, -0.2) is 4.98 Å². The number of rotatable bonds is 8. The molecular weight excluding hydrogens is 472 g/mol. The molecule has 9 heteroatoms. The van der Waals surface area contributed by atoms with Crippen molar-refractivity contribution < 1.29 is 14.0 Å². The highest BCUT2D eigenvalue weighted by Crippen LogP contribution is 2.52. The number of pyridine rings is 1. The molecule has 1 unspecified atom stereocenters. The topological polar surface area (TPSA) is 99.1 Å². The minimum Gasteiger partial charge on any atom is -0.369 e. The third-order valence-corrected chi connectivity index (χ3v) is 7.23. The standard InChI is InChI=1S/C23H19Cl2FN3O2S/c1-2-15-17(24)19(26)29-21(18(15)25)32-23(22(28)31,14-11-7-4-8-12-14)16(20(27)30)13-9-5-3-6-10-13/h3-12H,2H2,1H3,(H2,27,30)(H2,28,31). The Morgan fingerprint density at radius 1 is 1.00 bits per heavy atom. The maximum Gasteiger partial charge on any atom is 0.240 e.